The number of rotatable bonds is 8. The number of anilines is 1. The Kier molecular flexibility index (Phi) is 5.46. The van der Waals surface area contributed by atoms with Gasteiger partial charge in [-0.3, -0.25) is 0 Å². The molecule has 0 spiro atoms. The van der Waals surface area contributed by atoms with Gasteiger partial charge in [-0.05, 0) is 60.9 Å². The van der Waals surface area contributed by atoms with Crippen LogP contribution in [-0.4, -0.2) is 38.7 Å². The van der Waals surface area contributed by atoms with Crippen molar-refractivity contribution in [1.82, 2.24) is 15.0 Å². The van der Waals surface area contributed by atoms with Gasteiger partial charge >= 0.3 is 5.97 Å². The summed E-state index contributed by atoms with van der Waals surface area (Å²) in [6.07, 6.45) is 7.45. The van der Waals surface area contributed by atoms with Crippen molar-refractivity contribution >= 4 is 22.7 Å². The first kappa shape index (κ1) is 20.1. The Labute approximate surface area is 185 Å². The van der Waals surface area contributed by atoms with Crippen molar-refractivity contribution in [3.8, 4) is 17.0 Å². The summed E-state index contributed by atoms with van der Waals surface area (Å²) >= 11 is 0. The molecule has 0 saturated heterocycles. The summed E-state index contributed by atoms with van der Waals surface area (Å²) in [7, 11) is 0. The maximum absolute atomic E-state index is 11.6. The van der Waals surface area contributed by atoms with Gasteiger partial charge in [0.2, 0.25) is 0 Å². The van der Waals surface area contributed by atoms with Gasteiger partial charge in [0, 0.05) is 29.9 Å². The van der Waals surface area contributed by atoms with E-state index in [0.29, 0.717) is 11.4 Å². The Morgan fingerprint density at radius 2 is 2.03 bits per heavy atom. The van der Waals surface area contributed by atoms with E-state index in [0.717, 1.165) is 49.1 Å². The molecule has 1 fully saturated rings. The number of nitrogens with one attached hydrogen (secondary N) is 2. The minimum absolute atomic E-state index is 0.0937. The first-order valence-corrected chi connectivity index (χ1v) is 10.8. The summed E-state index contributed by atoms with van der Waals surface area (Å²) in [5.74, 6) is 0.126. The van der Waals surface area contributed by atoms with Gasteiger partial charge in [-0.25, -0.2) is 14.8 Å². The van der Waals surface area contributed by atoms with Crippen molar-refractivity contribution in [2.75, 3.05) is 11.9 Å². The molecular weight excluding hydrogens is 404 g/mol. The molecule has 0 radical (unpaired) electrons. The van der Waals surface area contributed by atoms with E-state index in [1.54, 1.807) is 18.2 Å². The third kappa shape index (κ3) is 4.27. The summed E-state index contributed by atoms with van der Waals surface area (Å²) in [6, 6.07) is 15.5. The molecule has 0 atom stereocenters. The van der Waals surface area contributed by atoms with Gasteiger partial charge < -0.3 is 20.1 Å². The summed E-state index contributed by atoms with van der Waals surface area (Å²) in [5, 5.41) is 14.1. The van der Waals surface area contributed by atoms with E-state index in [1.807, 2.05) is 12.3 Å². The van der Waals surface area contributed by atoms with Crippen molar-refractivity contribution in [2.45, 2.75) is 31.8 Å². The van der Waals surface area contributed by atoms with Crippen LogP contribution in [0.15, 0.2) is 61.1 Å². The molecule has 0 bridgehead atoms. The number of aromatic amines is 1. The number of benzene rings is 2. The van der Waals surface area contributed by atoms with Crippen LogP contribution < -0.4 is 10.1 Å². The quantitative estimate of drug-likeness (QED) is 0.369. The van der Waals surface area contributed by atoms with Gasteiger partial charge in [0.15, 0.2) is 0 Å². The Morgan fingerprint density at radius 3 is 2.84 bits per heavy atom. The van der Waals surface area contributed by atoms with Gasteiger partial charge in [-0.1, -0.05) is 18.2 Å². The zero-order chi connectivity index (χ0) is 21.9. The van der Waals surface area contributed by atoms with Crippen LogP contribution in [0.5, 0.6) is 5.75 Å². The number of nitrogens with zero attached hydrogens (tertiary/aromatic N) is 2. The van der Waals surface area contributed by atoms with E-state index < -0.39 is 5.97 Å². The lowest BCUT2D eigenvalue weighted by molar-refractivity contribution is 0.0680. The molecule has 2 aromatic heterocycles. The number of ether oxygens (including phenoxy) is 1. The van der Waals surface area contributed by atoms with Crippen LogP contribution in [-0.2, 0) is 6.42 Å². The van der Waals surface area contributed by atoms with Crippen molar-refractivity contribution in [1.29, 1.82) is 0 Å². The van der Waals surface area contributed by atoms with Crippen LogP contribution in [0.25, 0.3) is 22.2 Å². The summed E-state index contributed by atoms with van der Waals surface area (Å²) in [6.45, 7) is 0.733. The lowest BCUT2D eigenvalue weighted by atomic mass is 9.96. The molecule has 0 amide bonds. The highest BCUT2D eigenvalue weighted by atomic mass is 16.5. The Hall–Kier alpha value is -3.87. The number of H-pyrrole nitrogens is 1. The average Bonchev–Trinajstić information content (AvgIpc) is 3.24. The molecule has 1 aliphatic carbocycles. The van der Waals surface area contributed by atoms with E-state index in [2.05, 4.69) is 44.5 Å². The number of carboxylic acids is 1. The number of carboxylic acid groups (broad SMARTS) is 1. The van der Waals surface area contributed by atoms with Crippen LogP contribution in [0.4, 0.5) is 5.82 Å². The fraction of sp³-hybridized carbons (Fsp3) is 0.240. The standard InChI is InChI=1S/C25H24N4O3/c30-25(31)20-7-6-18(13-23(20)32-19-2-1-3-19)22-14-24(29-15-28-22)27-10-8-16-4-5-17-9-11-26-21(17)12-16/h4-7,9,11-15,19,26H,1-3,8,10H2,(H,30,31)(H,27,28,29). The lowest BCUT2D eigenvalue weighted by Gasteiger charge is -2.27. The SMILES string of the molecule is O=C(O)c1ccc(-c2cc(NCCc3ccc4cc[nH]c4c3)ncn2)cc1OC1CCC1. The minimum atomic E-state index is -0.992. The van der Waals surface area contributed by atoms with Crippen LogP contribution in [0, 0.1) is 0 Å². The van der Waals surface area contributed by atoms with Crippen LogP contribution >= 0.6 is 0 Å². The van der Waals surface area contributed by atoms with Gasteiger partial charge in [0.05, 0.1) is 11.8 Å². The fourth-order valence-corrected chi connectivity index (χ4v) is 3.82. The van der Waals surface area contributed by atoms with E-state index >= 15 is 0 Å². The number of carbonyl (C=O) groups is 1. The first-order chi connectivity index (χ1) is 15.7. The summed E-state index contributed by atoms with van der Waals surface area (Å²) in [4.78, 5) is 23.5. The first-order valence-electron chi connectivity index (χ1n) is 10.8. The molecule has 162 valence electrons. The van der Waals surface area contributed by atoms with Crippen molar-refractivity contribution in [2.24, 2.45) is 0 Å². The monoisotopic (exact) mass is 428 g/mol. The van der Waals surface area contributed by atoms with Crippen molar-refractivity contribution < 1.29 is 14.6 Å². The highest BCUT2D eigenvalue weighted by Crippen LogP contribution is 2.31. The smallest absolute Gasteiger partial charge is 0.339 e. The Morgan fingerprint density at radius 1 is 1.12 bits per heavy atom. The van der Waals surface area contributed by atoms with Gasteiger partial charge in [0.1, 0.15) is 23.5 Å². The molecule has 1 saturated carbocycles. The van der Waals surface area contributed by atoms with Crippen molar-refractivity contribution in [3.63, 3.8) is 0 Å². The van der Waals surface area contributed by atoms with Crippen molar-refractivity contribution in [3.05, 3.63) is 72.2 Å². The molecule has 1 aliphatic rings. The molecule has 32 heavy (non-hydrogen) atoms. The van der Waals surface area contributed by atoms with E-state index in [-0.39, 0.29) is 11.7 Å². The van der Waals surface area contributed by atoms with E-state index in [4.69, 9.17) is 4.74 Å². The highest BCUT2D eigenvalue weighted by Gasteiger charge is 2.22. The van der Waals surface area contributed by atoms with Crippen LogP contribution in [0.2, 0.25) is 0 Å². The zero-order valence-corrected chi connectivity index (χ0v) is 17.5. The number of hydrogen-bond acceptors (Lipinski definition) is 5. The zero-order valence-electron chi connectivity index (χ0n) is 17.5. The molecule has 0 aliphatic heterocycles. The molecule has 5 rings (SSSR count). The Balaban J connectivity index is 1.29. The third-order valence-electron chi connectivity index (χ3n) is 5.86. The van der Waals surface area contributed by atoms with Crippen LogP contribution in [0.1, 0.15) is 35.2 Å². The maximum Gasteiger partial charge on any atom is 0.339 e. The Bertz CT molecular complexity index is 1260. The number of hydrogen-bond donors (Lipinski definition) is 3. The normalized spacial score (nSPS) is 13.6. The molecule has 7 heteroatoms. The van der Waals surface area contributed by atoms with Gasteiger partial charge in [-0.15, -0.1) is 0 Å². The number of aromatic nitrogens is 3. The molecule has 2 heterocycles. The topological polar surface area (TPSA) is 100 Å². The molecule has 4 aromatic rings. The van der Waals surface area contributed by atoms with E-state index in [1.165, 1.54) is 17.3 Å². The van der Waals surface area contributed by atoms with Crippen LogP contribution in [0.3, 0.4) is 0 Å². The van der Waals surface area contributed by atoms with Gasteiger partial charge in [0.25, 0.3) is 0 Å². The highest BCUT2D eigenvalue weighted by molar-refractivity contribution is 5.92. The largest absolute Gasteiger partial charge is 0.490 e. The number of fused-ring (bicyclic) bond motifs is 1. The molecular formula is C25H24N4O3. The lowest BCUT2D eigenvalue weighted by Crippen LogP contribution is -2.25. The second kappa shape index (κ2) is 8.70. The molecule has 7 nitrogen and oxygen atoms in total. The molecule has 3 N–H and O–H groups in total. The summed E-state index contributed by atoms with van der Waals surface area (Å²) in [5.41, 5.74) is 4.06. The molecule has 0 unspecified atom stereocenters. The molecule has 2 aromatic carbocycles. The third-order valence-corrected chi connectivity index (χ3v) is 5.86. The minimum Gasteiger partial charge on any atom is -0.490 e. The van der Waals surface area contributed by atoms with E-state index in [9.17, 15) is 9.90 Å². The summed E-state index contributed by atoms with van der Waals surface area (Å²) < 4.78 is 5.93. The second-order valence-electron chi connectivity index (χ2n) is 8.05. The van der Waals surface area contributed by atoms with Gasteiger partial charge in [-0.2, -0.15) is 0 Å². The maximum atomic E-state index is 11.6. The predicted octanol–water partition coefficient (Wildman–Crippen LogP) is 4.91. The predicted molar refractivity (Wildman–Crippen MR) is 123 cm³/mol. The number of aromatic carboxylic acids is 1. The second-order valence-corrected chi connectivity index (χ2v) is 8.05. The fourth-order valence-electron chi connectivity index (χ4n) is 3.82. The average molecular weight is 428 g/mol.